The van der Waals surface area contributed by atoms with E-state index in [-0.39, 0.29) is 30.6 Å². The number of benzene rings is 2. The van der Waals surface area contributed by atoms with E-state index in [1.54, 1.807) is 31.2 Å². The van der Waals surface area contributed by atoms with E-state index in [9.17, 15) is 19.2 Å². The van der Waals surface area contributed by atoms with Gasteiger partial charge < -0.3 is 24.8 Å². The number of aryl methyl sites for hydroxylation is 1. The zero-order valence-electron chi connectivity index (χ0n) is 21.5. The third-order valence-electron chi connectivity index (χ3n) is 6.43. The number of carbonyl (C=O) groups is 3. The Morgan fingerprint density at radius 3 is 2.33 bits per heavy atom. The van der Waals surface area contributed by atoms with Gasteiger partial charge in [-0.2, -0.15) is 0 Å². The van der Waals surface area contributed by atoms with Crippen LogP contribution in [0, 0.1) is 0 Å². The van der Waals surface area contributed by atoms with E-state index in [0.29, 0.717) is 35.1 Å². The normalized spacial score (nSPS) is 11.2. The van der Waals surface area contributed by atoms with Crippen molar-refractivity contribution in [2.45, 2.75) is 26.8 Å². The van der Waals surface area contributed by atoms with Crippen LogP contribution in [0.3, 0.4) is 0 Å². The maximum absolute atomic E-state index is 13.4. The van der Waals surface area contributed by atoms with Crippen molar-refractivity contribution in [3.05, 3.63) is 77.1 Å². The molecule has 3 aromatic heterocycles. The highest BCUT2D eigenvalue weighted by molar-refractivity contribution is 6.05. The van der Waals surface area contributed by atoms with Crippen molar-refractivity contribution in [1.29, 1.82) is 0 Å². The summed E-state index contributed by atoms with van der Waals surface area (Å²) in [4.78, 5) is 52.5. The van der Waals surface area contributed by atoms with Gasteiger partial charge in [0.05, 0.1) is 30.1 Å². The number of hydrogen-bond donors (Lipinski definition) is 2. The largest absolute Gasteiger partial charge is 0.466 e. The Kier molecular flexibility index (Phi) is 6.80. The molecule has 11 nitrogen and oxygen atoms in total. The fraction of sp³-hybridized carbons (Fsp3) is 0.214. The number of amides is 1. The molecule has 11 heteroatoms. The monoisotopic (exact) mass is 529 g/mol. The van der Waals surface area contributed by atoms with E-state index in [1.807, 2.05) is 35.0 Å². The van der Waals surface area contributed by atoms with Crippen LogP contribution in [0.2, 0.25) is 0 Å². The van der Waals surface area contributed by atoms with Gasteiger partial charge in [0.15, 0.2) is 0 Å². The minimum Gasteiger partial charge on any atom is -0.466 e. The number of hydrogen-bond acceptors (Lipinski definition) is 6. The molecule has 3 heterocycles. The van der Waals surface area contributed by atoms with Crippen LogP contribution in [-0.4, -0.2) is 49.9 Å². The third kappa shape index (κ3) is 4.58. The van der Waals surface area contributed by atoms with Gasteiger partial charge in [0.2, 0.25) is 0 Å². The van der Waals surface area contributed by atoms with Gasteiger partial charge in [-0.1, -0.05) is 36.4 Å². The van der Waals surface area contributed by atoms with Gasteiger partial charge in [-0.15, -0.1) is 0 Å². The van der Waals surface area contributed by atoms with Crippen LogP contribution < -0.4 is 11.4 Å². The van der Waals surface area contributed by atoms with Crippen molar-refractivity contribution in [3.63, 3.8) is 0 Å². The average Bonchev–Trinajstić information content (AvgIpc) is 3.58. The number of aromatic amines is 1. The smallest absolute Gasteiger partial charge is 0.418 e. The second-order valence-electron chi connectivity index (χ2n) is 8.90. The van der Waals surface area contributed by atoms with Crippen LogP contribution in [0.15, 0.2) is 65.7 Å². The molecule has 39 heavy (non-hydrogen) atoms. The predicted octanol–water partition coefficient (Wildman–Crippen LogP) is 3.80. The molecule has 0 saturated carbocycles. The molecule has 0 bridgehead atoms. The first-order valence-electron chi connectivity index (χ1n) is 12.5. The number of nitrogens with zero attached hydrogens (tertiary/aromatic N) is 3. The quantitative estimate of drug-likeness (QED) is 0.231. The molecule has 5 aromatic rings. The summed E-state index contributed by atoms with van der Waals surface area (Å²) in [5.41, 5.74) is 7.75. The topological polar surface area (TPSA) is 143 Å². The first-order chi connectivity index (χ1) is 18.8. The van der Waals surface area contributed by atoms with Crippen molar-refractivity contribution < 1.29 is 23.9 Å². The maximum Gasteiger partial charge on any atom is 0.418 e. The molecule has 200 valence electrons. The number of esters is 1. The lowest BCUT2D eigenvalue weighted by Gasteiger charge is -2.08. The summed E-state index contributed by atoms with van der Waals surface area (Å²) in [6.07, 6.45) is 3.33. The molecule has 5 rings (SSSR count). The van der Waals surface area contributed by atoms with Crippen molar-refractivity contribution in [1.82, 2.24) is 18.7 Å². The SMILES string of the molecule is CCOC(=O)n1cc(-n2c(-c3cn(CCCOC(C)=O)c4ccccc34)c(C(N)=O)[nH]c2=O)c2ccccc21. The van der Waals surface area contributed by atoms with E-state index in [1.165, 1.54) is 22.3 Å². The zero-order valence-corrected chi connectivity index (χ0v) is 21.5. The van der Waals surface area contributed by atoms with E-state index in [4.69, 9.17) is 15.2 Å². The first kappa shape index (κ1) is 25.6. The van der Waals surface area contributed by atoms with Crippen LogP contribution in [0.4, 0.5) is 4.79 Å². The Morgan fingerprint density at radius 2 is 1.64 bits per heavy atom. The summed E-state index contributed by atoms with van der Waals surface area (Å²) in [6, 6.07) is 14.7. The van der Waals surface area contributed by atoms with Crippen molar-refractivity contribution >= 4 is 39.8 Å². The van der Waals surface area contributed by atoms with Gasteiger partial charge in [0.1, 0.15) is 5.69 Å². The molecule has 2 aromatic carbocycles. The lowest BCUT2D eigenvalue weighted by atomic mass is 10.1. The van der Waals surface area contributed by atoms with Gasteiger partial charge in [0, 0.05) is 47.7 Å². The van der Waals surface area contributed by atoms with Crippen molar-refractivity contribution in [2.75, 3.05) is 13.2 Å². The fourth-order valence-electron chi connectivity index (χ4n) is 4.85. The first-order valence-corrected chi connectivity index (χ1v) is 12.5. The predicted molar refractivity (Wildman–Crippen MR) is 145 cm³/mol. The minimum atomic E-state index is -0.804. The molecule has 0 atom stereocenters. The summed E-state index contributed by atoms with van der Waals surface area (Å²) in [5.74, 6) is -1.15. The molecule has 0 spiro atoms. The summed E-state index contributed by atoms with van der Waals surface area (Å²) >= 11 is 0. The zero-order chi connectivity index (χ0) is 27.7. The molecule has 0 saturated heterocycles. The minimum absolute atomic E-state index is 0.0595. The van der Waals surface area contributed by atoms with E-state index in [0.717, 1.165) is 10.9 Å². The standard InChI is InChI=1S/C28H27N5O6/c1-3-38-28(37)32-16-23(19-10-5-7-12-22(19)32)33-25(24(26(29)35)30-27(33)36)20-15-31(13-8-14-39-17(2)34)21-11-6-4-9-18(20)21/h4-7,9-12,15-16H,3,8,13-14H2,1-2H3,(H2,29,35)(H,30,36). The third-order valence-corrected chi connectivity index (χ3v) is 6.43. The van der Waals surface area contributed by atoms with Gasteiger partial charge in [-0.05, 0) is 25.5 Å². The number of rotatable bonds is 8. The highest BCUT2D eigenvalue weighted by Crippen LogP contribution is 2.35. The van der Waals surface area contributed by atoms with Gasteiger partial charge in [0.25, 0.3) is 5.91 Å². The highest BCUT2D eigenvalue weighted by Gasteiger charge is 2.26. The summed E-state index contributed by atoms with van der Waals surface area (Å²) in [6.45, 7) is 4.03. The lowest BCUT2D eigenvalue weighted by molar-refractivity contribution is -0.141. The highest BCUT2D eigenvalue weighted by atomic mass is 16.5. The number of nitrogens with one attached hydrogen (secondary N) is 1. The van der Waals surface area contributed by atoms with Crippen LogP contribution in [0.5, 0.6) is 0 Å². The van der Waals surface area contributed by atoms with E-state index in [2.05, 4.69) is 4.98 Å². The number of para-hydroxylation sites is 2. The number of fused-ring (bicyclic) bond motifs is 2. The summed E-state index contributed by atoms with van der Waals surface area (Å²) in [5, 5.41) is 1.39. The number of nitrogens with two attached hydrogens (primary N) is 1. The average molecular weight is 530 g/mol. The molecule has 0 aliphatic heterocycles. The molecule has 3 N–H and O–H groups in total. The van der Waals surface area contributed by atoms with Crippen molar-refractivity contribution in [3.8, 4) is 16.9 Å². The number of primary amides is 1. The molecule has 0 unspecified atom stereocenters. The van der Waals surface area contributed by atoms with Gasteiger partial charge in [-0.3, -0.25) is 18.7 Å². The summed E-state index contributed by atoms with van der Waals surface area (Å²) < 4.78 is 15.0. The fourth-order valence-corrected chi connectivity index (χ4v) is 4.85. The molecule has 1 amide bonds. The molecular weight excluding hydrogens is 502 g/mol. The molecular formula is C28H27N5O6. The Morgan fingerprint density at radius 1 is 0.949 bits per heavy atom. The molecule has 0 radical (unpaired) electrons. The molecule has 0 fully saturated rings. The molecule has 0 aliphatic carbocycles. The van der Waals surface area contributed by atoms with E-state index >= 15 is 0 Å². The summed E-state index contributed by atoms with van der Waals surface area (Å²) in [7, 11) is 0. The second-order valence-corrected chi connectivity index (χ2v) is 8.90. The number of ether oxygens (including phenoxy) is 2. The number of carbonyl (C=O) groups excluding carboxylic acids is 3. The maximum atomic E-state index is 13.4. The Labute approximate surface area is 222 Å². The number of H-pyrrole nitrogens is 1. The van der Waals surface area contributed by atoms with Crippen LogP contribution in [0.1, 0.15) is 30.8 Å². The van der Waals surface area contributed by atoms with Crippen molar-refractivity contribution in [2.24, 2.45) is 5.73 Å². The van der Waals surface area contributed by atoms with E-state index < -0.39 is 17.7 Å². The Hall–Kier alpha value is -5.06. The molecule has 0 aliphatic rings. The van der Waals surface area contributed by atoms with Gasteiger partial charge >= 0.3 is 17.8 Å². The Bertz CT molecular complexity index is 1790. The van der Waals surface area contributed by atoms with Crippen LogP contribution in [-0.2, 0) is 20.8 Å². The number of imidazole rings is 1. The Balaban J connectivity index is 1.74. The van der Waals surface area contributed by atoms with Crippen LogP contribution in [0.25, 0.3) is 38.8 Å². The van der Waals surface area contributed by atoms with Crippen LogP contribution >= 0.6 is 0 Å². The lowest BCUT2D eigenvalue weighted by Crippen LogP contribution is -2.16. The second kappa shape index (κ2) is 10.4. The van der Waals surface area contributed by atoms with Gasteiger partial charge in [-0.25, -0.2) is 9.59 Å². The number of aromatic nitrogens is 4.